The molecule has 1 amide bonds. The van der Waals surface area contributed by atoms with Crippen molar-refractivity contribution in [1.29, 1.82) is 0 Å². The maximum absolute atomic E-state index is 13.1. The molecule has 0 aliphatic rings. The van der Waals surface area contributed by atoms with Gasteiger partial charge in [-0.25, -0.2) is 4.68 Å². The molecule has 3 N–H and O–H groups in total. The molecule has 34 heavy (non-hydrogen) atoms. The van der Waals surface area contributed by atoms with Crippen LogP contribution in [0.1, 0.15) is 54.8 Å². The van der Waals surface area contributed by atoms with Gasteiger partial charge in [0.2, 0.25) is 0 Å². The van der Waals surface area contributed by atoms with Crippen molar-refractivity contribution in [3.63, 3.8) is 0 Å². The summed E-state index contributed by atoms with van der Waals surface area (Å²) in [4.78, 5) is 37.0. The lowest BCUT2D eigenvalue weighted by Crippen LogP contribution is -2.31. The number of para-hydroxylation sites is 1. The summed E-state index contributed by atoms with van der Waals surface area (Å²) < 4.78 is 1.56. The Morgan fingerprint density at radius 3 is 2.29 bits per heavy atom. The van der Waals surface area contributed by atoms with E-state index in [-0.39, 0.29) is 24.4 Å². The average molecular weight is 463 g/mol. The Bertz CT molecular complexity index is 1180. The Balaban J connectivity index is 1.91. The number of hydrogen-bond acceptors (Lipinski definition) is 5. The van der Waals surface area contributed by atoms with E-state index in [0.29, 0.717) is 11.5 Å². The molecule has 1 heterocycles. The monoisotopic (exact) mass is 462 g/mol. The van der Waals surface area contributed by atoms with Crippen molar-refractivity contribution in [2.45, 2.75) is 40.2 Å². The zero-order valence-corrected chi connectivity index (χ0v) is 19.8. The summed E-state index contributed by atoms with van der Waals surface area (Å²) in [5, 5.41) is 19.8. The molecule has 178 valence electrons. The molecule has 0 spiro atoms. The highest BCUT2D eigenvalue weighted by Crippen LogP contribution is 2.23. The van der Waals surface area contributed by atoms with E-state index < -0.39 is 23.3 Å². The second-order valence-electron chi connectivity index (χ2n) is 9.17. The van der Waals surface area contributed by atoms with Gasteiger partial charge in [0.1, 0.15) is 5.82 Å². The van der Waals surface area contributed by atoms with Gasteiger partial charge in [-0.15, -0.1) is 0 Å². The van der Waals surface area contributed by atoms with Crippen molar-refractivity contribution < 1.29 is 19.5 Å². The topological polar surface area (TPSA) is 113 Å². The predicted molar refractivity (Wildman–Crippen MR) is 130 cm³/mol. The van der Waals surface area contributed by atoms with Crippen LogP contribution in [-0.2, 0) is 9.59 Å². The van der Waals surface area contributed by atoms with E-state index >= 15 is 0 Å². The van der Waals surface area contributed by atoms with Crippen molar-refractivity contribution in [1.82, 2.24) is 15.1 Å². The van der Waals surface area contributed by atoms with E-state index in [1.165, 1.54) is 0 Å². The van der Waals surface area contributed by atoms with Crippen molar-refractivity contribution in [3.8, 4) is 5.69 Å². The van der Waals surface area contributed by atoms with E-state index in [2.05, 4.69) is 15.7 Å². The number of carbonyl (C=O) groups excluding carboxylic acids is 2. The Morgan fingerprint density at radius 2 is 1.68 bits per heavy atom. The van der Waals surface area contributed by atoms with E-state index in [1.807, 2.05) is 76.2 Å². The third-order valence-electron chi connectivity index (χ3n) is 5.46. The predicted octanol–water partition coefficient (Wildman–Crippen LogP) is 4.15. The van der Waals surface area contributed by atoms with Crippen LogP contribution >= 0.6 is 0 Å². The largest absolute Gasteiger partial charge is 0.481 e. The van der Waals surface area contributed by atoms with E-state index in [9.17, 15) is 19.5 Å². The number of anilines is 1. The molecule has 0 saturated heterocycles. The van der Waals surface area contributed by atoms with Crippen LogP contribution in [0.25, 0.3) is 5.69 Å². The van der Waals surface area contributed by atoms with Gasteiger partial charge < -0.3 is 15.7 Å². The number of nitrogens with one attached hydrogen (secondary N) is 2. The maximum Gasteiger partial charge on any atom is 0.305 e. The number of carboxylic acids is 1. The highest BCUT2D eigenvalue weighted by Gasteiger charge is 2.24. The molecule has 0 bridgehead atoms. The number of aliphatic carboxylic acids is 1. The zero-order chi connectivity index (χ0) is 24.9. The van der Waals surface area contributed by atoms with Crippen LogP contribution < -0.4 is 10.6 Å². The second kappa shape index (κ2) is 10.3. The van der Waals surface area contributed by atoms with Gasteiger partial charge in [-0.05, 0) is 30.2 Å². The van der Waals surface area contributed by atoms with Crippen LogP contribution in [0.4, 0.5) is 5.82 Å². The molecule has 1 aromatic heterocycles. The normalized spacial score (nSPS) is 12.1. The molecule has 0 radical (unpaired) electrons. The van der Waals surface area contributed by atoms with E-state index in [4.69, 9.17) is 0 Å². The Labute approximate surface area is 199 Å². The van der Waals surface area contributed by atoms with Gasteiger partial charge in [-0.3, -0.25) is 14.4 Å². The molecule has 0 saturated carbocycles. The molecular formula is C26H30N4O4. The molecule has 3 rings (SSSR count). The van der Waals surface area contributed by atoms with Gasteiger partial charge in [0.05, 0.1) is 24.7 Å². The van der Waals surface area contributed by atoms with Crippen LogP contribution in [0.15, 0.2) is 60.7 Å². The fourth-order valence-electron chi connectivity index (χ4n) is 3.44. The van der Waals surface area contributed by atoms with Crippen LogP contribution in [0.5, 0.6) is 0 Å². The molecule has 1 atom stereocenters. The summed E-state index contributed by atoms with van der Waals surface area (Å²) in [6.45, 7) is 7.48. The standard InChI is InChI=1S/C26H30N4O4/c1-17-10-8-9-13-19(17)20(15-24(32)33)28-25(34)21-14-23(27-16-22(31)26(2,3)4)30(29-21)18-11-6-5-7-12-18/h5-14,20,27H,15-16H2,1-4H3,(H,28,34)(H,32,33). The second-order valence-corrected chi connectivity index (χ2v) is 9.17. The SMILES string of the molecule is Cc1ccccc1C(CC(=O)O)NC(=O)c1cc(NCC(=O)C(C)(C)C)n(-c2ccccc2)n1. The van der Waals surface area contributed by atoms with Gasteiger partial charge in [-0.2, -0.15) is 5.10 Å². The molecule has 0 fully saturated rings. The number of aryl methyl sites for hydroxylation is 1. The molecule has 8 nitrogen and oxygen atoms in total. The number of benzene rings is 2. The van der Waals surface area contributed by atoms with Crippen LogP contribution in [0, 0.1) is 12.3 Å². The number of ketones is 1. The van der Waals surface area contributed by atoms with Gasteiger partial charge in [0.15, 0.2) is 11.5 Å². The van der Waals surface area contributed by atoms with Crippen molar-refractivity contribution in [3.05, 3.63) is 77.5 Å². The Morgan fingerprint density at radius 1 is 1.03 bits per heavy atom. The van der Waals surface area contributed by atoms with Crippen LogP contribution in [-0.4, -0.2) is 39.1 Å². The summed E-state index contributed by atoms with van der Waals surface area (Å²) in [6, 6.07) is 17.4. The number of carbonyl (C=O) groups is 3. The summed E-state index contributed by atoms with van der Waals surface area (Å²) in [7, 11) is 0. The van der Waals surface area contributed by atoms with Gasteiger partial charge in [0.25, 0.3) is 5.91 Å². The number of Topliss-reactive ketones (excluding diaryl/α,β-unsaturated/α-hetero) is 1. The fourth-order valence-corrected chi connectivity index (χ4v) is 3.44. The average Bonchev–Trinajstić information content (AvgIpc) is 3.21. The minimum atomic E-state index is -1.02. The lowest BCUT2D eigenvalue weighted by Gasteiger charge is -2.18. The highest BCUT2D eigenvalue weighted by atomic mass is 16.4. The number of rotatable bonds is 9. The summed E-state index contributed by atoms with van der Waals surface area (Å²) >= 11 is 0. The van der Waals surface area contributed by atoms with Crippen molar-refractivity contribution in [2.75, 3.05) is 11.9 Å². The third kappa shape index (κ3) is 6.10. The summed E-state index contributed by atoms with van der Waals surface area (Å²) in [5.74, 6) is -1.03. The molecule has 8 heteroatoms. The third-order valence-corrected chi connectivity index (χ3v) is 5.46. The minimum absolute atomic E-state index is 0.0142. The Hall–Kier alpha value is -3.94. The van der Waals surface area contributed by atoms with Gasteiger partial charge in [-0.1, -0.05) is 63.2 Å². The van der Waals surface area contributed by atoms with Gasteiger partial charge in [0, 0.05) is 11.5 Å². The zero-order valence-electron chi connectivity index (χ0n) is 19.8. The van der Waals surface area contributed by atoms with E-state index in [0.717, 1.165) is 11.1 Å². The highest BCUT2D eigenvalue weighted by molar-refractivity contribution is 5.94. The first-order valence-electron chi connectivity index (χ1n) is 11.1. The lowest BCUT2D eigenvalue weighted by atomic mass is 9.91. The number of carboxylic acid groups (broad SMARTS) is 1. The van der Waals surface area contributed by atoms with Crippen LogP contribution in [0.2, 0.25) is 0 Å². The quantitative estimate of drug-likeness (QED) is 0.440. The van der Waals surface area contributed by atoms with E-state index in [1.54, 1.807) is 16.8 Å². The first kappa shape index (κ1) is 24.7. The molecule has 2 aromatic carbocycles. The Kier molecular flexibility index (Phi) is 7.50. The number of amides is 1. The number of nitrogens with zero attached hydrogens (tertiary/aromatic N) is 2. The first-order valence-corrected chi connectivity index (χ1v) is 11.1. The first-order chi connectivity index (χ1) is 16.1. The molecule has 3 aromatic rings. The summed E-state index contributed by atoms with van der Waals surface area (Å²) in [6.07, 6.45) is -0.263. The molecule has 1 unspecified atom stereocenters. The maximum atomic E-state index is 13.1. The smallest absolute Gasteiger partial charge is 0.305 e. The van der Waals surface area contributed by atoms with Gasteiger partial charge >= 0.3 is 5.97 Å². The summed E-state index contributed by atoms with van der Waals surface area (Å²) in [5.41, 5.74) is 1.93. The van der Waals surface area contributed by atoms with Crippen molar-refractivity contribution in [2.24, 2.45) is 5.41 Å². The molecule has 0 aliphatic heterocycles. The number of aromatic nitrogens is 2. The van der Waals surface area contributed by atoms with Crippen molar-refractivity contribution >= 4 is 23.5 Å². The minimum Gasteiger partial charge on any atom is -0.481 e. The molecule has 0 aliphatic carbocycles. The van der Waals surface area contributed by atoms with Crippen LogP contribution in [0.3, 0.4) is 0 Å². The molecular weight excluding hydrogens is 432 g/mol. The lowest BCUT2D eigenvalue weighted by molar-refractivity contribution is -0.137. The number of hydrogen-bond donors (Lipinski definition) is 3. The fraction of sp³-hybridized carbons (Fsp3) is 0.308.